The molecule has 1 rings (SSSR count). The summed E-state index contributed by atoms with van der Waals surface area (Å²) < 4.78 is 0. The Morgan fingerprint density at radius 2 is 1.29 bits per heavy atom. The van der Waals surface area contributed by atoms with Crippen LogP contribution in [0.15, 0.2) is 23.3 Å². The molecule has 0 saturated heterocycles. The van der Waals surface area contributed by atoms with Crippen molar-refractivity contribution in [3.8, 4) is 24.7 Å². The molecule has 0 bridgehead atoms. The van der Waals surface area contributed by atoms with Crippen LogP contribution in [0.5, 0.6) is 0 Å². The van der Waals surface area contributed by atoms with Gasteiger partial charge in [0.05, 0.1) is 0 Å². The lowest BCUT2D eigenvalue weighted by Crippen LogP contribution is -2.38. The highest BCUT2D eigenvalue weighted by Crippen LogP contribution is 2.33. The minimum absolute atomic E-state index is 0.503. The maximum Gasteiger partial charge on any atom is 0.165 e. The van der Waals surface area contributed by atoms with Crippen LogP contribution in [0.3, 0.4) is 0 Å². The van der Waals surface area contributed by atoms with Crippen LogP contribution in [-0.2, 0) is 0 Å². The van der Waals surface area contributed by atoms with Gasteiger partial charge in [0.15, 0.2) is 11.2 Å². The molecule has 2 nitrogen and oxygen atoms in total. The maximum absolute atomic E-state index is 9.89. The summed E-state index contributed by atoms with van der Waals surface area (Å²) in [6.45, 7) is 3.31. The molecule has 0 aromatic rings. The van der Waals surface area contributed by atoms with Gasteiger partial charge < -0.3 is 10.2 Å². The third-order valence-electron chi connectivity index (χ3n) is 2.71. The predicted molar refractivity (Wildman–Crippen MR) is 55.1 cm³/mol. The van der Waals surface area contributed by atoms with Gasteiger partial charge >= 0.3 is 0 Å². The molecule has 0 heterocycles. The van der Waals surface area contributed by atoms with E-state index in [9.17, 15) is 10.2 Å². The van der Waals surface area contributed by atoms with Gasteiger partial charge in [0.1, 0.15) is 0 Å². The number of terminal acetylenes is 2. The van der Waals surface area contributed by atoms with Crippen molar-refractivity contribution in [3.63, 3.8) is 0 Å². The molecule has 0 saturated carbocycles. The van der Waals surface area contributed by atoms with Crippen molar-refractivity contribution >= 4 is 0 Å². The smallest absolute Gasteiger partial charge is 0.165 e. The van der Waals surface area contributed by atoms with Gasteiger partial charge in [-0.15, -0.1) is 12.8 Å². The largest absolute Gasteiger partial charge is 0.370 e. The second-order valence-corrected chi connectivity index (χ2v) is 3.40. The highest BCUT2D eigenvalue weighted by atomic mass is 16.3. The first kappa shape index (κ1) is 10.6. The van der Waals surface area contributed by atoms with Gasteiger partial charge in [-0.1, -0.05) is 11.8 Å². The molecule has 0 aromatic carbocycles. The van der Waals surface area contributed by atoms with E-state index in [2.05, 4.69) is 11.8 Å². The van der Waals surface area contributed by atoms with Gasteiger partial charge in [0, 0.05) is 0 Å². The van der Waals surface area contributed by atoms with E-state index in [0.29, 0.717) is 11.1 Å². The summed E-state index contributed by atoms with van der Waals surface area (Å²) in [5.41, 5.74) is -1.84. The highest BCUT2D eigenvalue weighted by Gasteiger charge is 2.37. The summed E-state index contributed by atoms with van der Waals surface area (Å²) >= 11 is 0. The Hall–Kier alpha value is -1.48. The fourth-order valence-electron chi connectivity index (χ4n) is 1.38. The number of hydrogen-bond acceptors (Lipinski definition) is 2. The van der Waals surface area contributed by atoms with Gasteiger partial charge in [-0.2, -0.15) is 0 Å². The van der Waals surface area contributed by atoms with Crippen molar-refractivity contribution in [1.82, 2.24) is 0 Å². The molecule has 2 atom stereocenters. The van der Waals surface area contributed by atoms with Gasteiger partial charge in [-0.3, -0.25) is 0 Å². The SMILES string of the molecule is C#C[C@]1(O)C=C[C@@](O)(C#C)C(C)=C1C. The van der Waals surface area contributed by atoms with Crippen LogP contribution in [0.2, 0.25) is 0 Å². The van der Waals surface area contributed by atoms with Crippen molar-refractivity contribution in [3.05, 3.63) is 23.3 Å². The molecule has 0 amide bonds. The van der Waals surface area contributed by atoms with Crippen LogP contribution in [0.25, 0.3) is 0 Å². The summed E-state index contributed by atoms with van der Waals surface area (Å²) in [7, 11) is 0. The quantitative estimate of drug-likeness (QED) is 0.432. The fourth-order valence-corrected chi connectivity index (χ4v) is 1.38. The summed E-state index contributed by atoms with van der Waals surface area (Å²) in [6.07, 6.45) is 13.1. The van der Waals surface area contributed by atoms with Crippen molar-refractivity contribution in [2.24, 2.45) is 0 Å². The third-order valence-corrected chi connectivity index (χ3v) is 2.71. The molecule has 72 valence electrons. The van der Waals surface area contributed by atoms with Crippen LogP contribution in [0, 0.1) is 24.7 Å². The zero-order valence-corrected chi connectivity index (χ0v) is 8.20. The monoisotopic (exact) mass is 188 g/mol. The first-order chi connectivity index (χ1) is 6.39. The lowest BCUT2D eigenvalue weighted by molar-refractivity contribution is 0.150. The van der Waals surface area contributed by atoms with E-state index in [1.807, 2.05) is 0 Å². The lowest BCUT2D eigenvalue weighted by atomic mass is 9.78. The lowest BCUT2D eigenvalue weighted by Gasteiger charge is -2.32. The van der Waals surface area contributed by atoms with Gasteiger partial charge in [-0.05, 0) is 37.1 Å². The average Bonchev–Trinajstić information content (AvgIpc) is 2.21. The van der Waals surface area contributed by atoms with E-state index in [1.165, 1.54) is 12.2 Å². The van der Waals surface area contributed by atoms with Gasteiger partial charge in [0.25, 0.3) is 0 Å². The van der Waals surface area contributed by atoms with E-state index in [4.69, 9.17) is 12.8 Å². The van der Waals surface area contributed by atoms with Crippen molar-refractivity contribution in [2.45, 2.75) is 25.0 Å². The Balaban J connectivity index is 3.35. The third kappa shape index (κ3) is 1.26. The topological polar surface area (TPSA) is 40.5 Å². The normalized spacial score (nSPS) is 36.4. The van der Waals surface area contributed by atoms with Crippen molar-refractivity contribution < 1.29 is 10.2 Å². The highest BCUT2D eigenvalue weighted by molar-refractivity contribution is 5.51. The Morgan fingerprint density at radius 1 is 1.00 bits per heavy atom. The molecular weight excluding hydrogens is 176 g/mol. The number of aliphatic hydroxyl groups is 2. The van der Waals surface area contributed by atoms with E-state index >= 15 is 0 Å². The summed E-state index contributed by atoms with van der Waals surface area (Å²) in [4.78, 5) is 0. The van der Waals surface area contributed by atoms with E-state index in [-0.39, 0.29) is 0 Å². The predicted octanol–water partition coefficient (Wildman–Crippen LogP) is 0.621. The minimum atomic E-state index is -1.42. The van der Waals surface area contributed by atoms with Gasteiger partial charge in [-0.25, -0.2) is 0 Å². The molecule has 0 fully saturated rings. The molecule has 0 radical (unpaired) electrons. The van der Waals surface area contributed by atoms with Crippen molar-refractivity contribution in [2.75, 3.05) is 0 Å². The fraction of sp³-hybridized carbons (Fsp3) is 0.333. The van der Waals surface area contributed by atoms with Crippen LogP contribution >= 0.6 is 0 Å². The van der Waals surface area contributed by atoms with Crippen LogP contribution in [0.1, 0.15) is 13.8 Å². The van der Waals surface area contributed by atoms with E-state index < -0.39 is 11.2 Å². The minimum Gasteiger partial charge on any atom is -0.370 e. The van der Waals surface area contributed by atoms with Gasteiger partial charge in [0.2, 0.25) is 0 Å². The zero-order valence-electron chi connectivity index (χ0n) is 8.20. The molecule has 2 N–H and O–H groups in total. The Kier molecular flexibility index (Phi) is 2.29. The molecule has 0 unspecified atom stereocenters. The van der Waals surface area contributed by atoms with Crippen LogP contribution in [-0.4, -0.2) is 21.4 Å². The number of rotatable bonds is 0. The molecule has 0 aromatic heterocycles. The summed E-state index contributed by atoms with van der Waals surface area (Å²) in [6, 6.07) is 0. The first-order valence-corrected chi connectivity index (χ1v) is 4.19. The summed E-state index contributed by atoms with van der Waals surface area (Å²) in [5.74, 6) is 4.51. The average molecular weight is 188 g/mol. The zero-order chi connectivity index (χ0) is 11.0. The molecule has 0 spiro atoms. The Labute approximate surface area is 84.0 Å². The van der Waals surface area contributed by atoms with E-state index in [1.54, 1.807) is 13.8 Å². The standard InChI is InChI=1S/C12H12O2/c1-5-11(13)7-8-12(14,6-2)10(4)9(11)3/h1-2,7-8,13-14H,3-4H3/t11-,12-/m0/s1. The Morgan fingerprint density at radius 3 is 1.50 bits per heavy atom. The molecule has 14 heavy (non-hydrogen) atoms. The van der Waals surface area contributed by atoms with Crippen LogP contribution in [0.4, 0.5) is 0 Å². The first-order valence-electron chi connectivity index (χ1n) is 4.19. The second-order valence-electron chi connectivity index (χ2n) is 3.40. The molecule has 0 aliphatic heterocycles. The van der Waals surface area contributed by atoms with E-state index in [0.717, 1.165) is 0 Å². The maximum atomic E-state index is 9.89. The molecule has 1 aliphatic rings. The second kappa shape index (κ2) is 3.03. The molecular formula is C12H12O2. The summed E-state index contributed by atoms with van der Waals surface area (Å²) in [5, 5.41) is 19.8. The Bertz CT molecular complexity index is 365. The van der Waals surface area contributed by atoms with Crippen molar-refractivity contribution in [1.29, 1.82) is 0 Å². The van der Waals surface area contributed by atoms with Crippen LogP contribution < -0.4 is 0 Å². The molecule has 2 heteroatoms. The number of hydrogen-bond donors (Lipinski definition) is 2. The molecule has 1 aliphatic carbocycles.